The molecular weight excluding hydrogens is 530 g/mol. The summed E-state index contributed by atoms with van der Waals surface area (Å²) in [7, 11) is 0. The largest absolute Gasteiger partial charge is 0.484 e. The summed E-state index contributed by atoms with van der Waals surface area (Å²) in [6.45, 7) is 1.35. The zero-order valence-electron chi connectivity index (χ0n) is 17.6. The van der Waals surface area contributed by atoms with Crippen LogP contribution in [0.1, 0.15) is 37.2 Å². The summed E-state index contributed by atoms with van der Waals surface area (Å²) in [5, 5.41) is 3.22. The number of hydrogen-bond acceptors (Lipinski definition) is 6. The van der Waals surface area contributed by atoms with Crippen molar-refractivity contribution < 1.29 is 31.9 Å². The lowest BCUT2D eigenvalue weighted by molar-refractivity contribution is -0.141. The number of rotatable bonds is 6. The molecule has 3 heterocycles. The molecule has 1 aromatic carbocycles. The van der Waals surface area contributed by atoms with E-state index in [1.165, 1.54) is 19.1 Å². The van der Waals surface area contributed by atoms with Crippen molar-refractivity contribution in [3.63, 3.8) is 0 Å². The third-order valence-electron chi connectivity index (χ3n) is 4.78. The monoisotopic (exact) mass is 543 g/mol. The van der Waals surface area contributed by atoms with Crippen LogP contribution in [0.2, 0.25) is 10.0 Å². The minimum Gasteiger partial charge on any atom is -0.484 e. The highest BCUT2D eigenvalue weighted by Crippen LogP contribution is 2.40. The first kappa shape index (κ1) is 24.8. The van der Waals surface area contributed by atoms with E-state index in [2.05, 4.69) is 10.3 Å². The van der Waals surface area contributed by atoms with Crippen molar-refractivity contribution in [1.29, 1.82) is 0 Å². The second-order valence-electron chi connectivity index (χ2n) is 7.23. The average molecular weight is 544 g/mol. The van der Waals surface area contributed by atoms with Crippen molar-refractivity contribution in [2.45, 2.75) is 19.7 Å². The molecule has 0 saturated carbocycles. The maximum atomic E-state index is 13.2. The van der Waals surface area contributed by atoms with Gasteiger partial charge in [0.1, 0.15) is 38.5 Å². The highest BCUT2D eigenvalue weighted by molar-refractivity contribution is 7.21. The lowest BCUT2D eigenvalue weighted by Crippen LogP contribution is -2.16. The second-order valence-corrected chi connectivity index (χ2v) is 9.02. The fourth-order valence-corrected chi connectivity index (χ4v) is 4.62. The van der Waals surface area contributed by atoms with Gasteiger partial charge in [0, 0.05) is 5.39 Å². The highest BCUT2D eigenvalue weighted by atomic mass is 35.5. The molecule has 182 valence electrons. The van der Waals surface area contributed by atoms with E-state index in [0.29, 0.717) is 22.1 Å². The van der Waals surface area contributed by atoms with Gasteiger partial charge in [-0.05, 0) is 42.8 Å². The molecule has 4 aromatic rings. The van der Waals surface area contributed by atoms with E-state index in [1.807, 2.05) is 0 Å². The summed E-state index contributed by atoms with van der Waals surface area (Å²) < 4.78 is 50.5. The SMILES string of the molecule is Cc1cc(C(F)(F)F)nc2sc(C(N)=O)c(NC(=O)c3ccc(COc4cccc(Cl)c4Cl)o3)c12. The number of nitrogens with zero attached hydrogens (tertiary/aromatic N) is 1. The number of aromatic nitrogens is 1. The topological polar surface area (TPSA) is 107 Å². The van der Waals surface area contributed by atoms with Crippen molar-refractivity contribution >= 4 is 62.3 Å². The third-order valence-corrected chi connectivity index (χ3v) is 6.68. The fourth-order valence-electron chi connectivity index (χ4n) is 3.22. The molecule has 35 heavy (non-hydrogen) atoms. The highest BCUT2D eigenvalue weighted by Gasteiger charge is 2.34. The molecule has 2 amide bonds. The number of benzene rings is 1. The van der Waals surface area contributed by atoms with Crippen molar-refractivity contribution in [2.75, 3.05) is 5.32 Å². The Labute approximate surface area is 209 Å². The van der Waals surface area contributed by atoms with Crippen LogP contribution in [0.25, 0.3) is 10.2 Å². The van der Waals surface area contributed by atoms with Crippen LogP contribution in [-0.2, 0) is 12.8 Å². The Morgan fingerprint density at radius 2 is 1.97 bits per heavy atom. The molecule has 3 aromatic heterocycles. The number of carbonyl (C=O) groups is 2. The molecule has 3 N–H and O–H groups in total. The number of primary amides is 1. The van der Waals surface area contributed by atoms with Crippen molar-refractivity contribution in [1.82, 2.24) is 4.98 Å². The van der Waals surface area contributed by atoms with Crippen molar-refractivity contribution in [3.8, 4) is 5.75 Å². The molecule has 0 aliphatic heterocycles. The fraction of sp³-hybridized carbons (Fsp3) is 0.136. The number of hydrogen-bond donors (Lipinski definition) is 2. The Morgan fingerprint density at radius 1 is 1.23 bits per heavy atom. The number of ether oxygens (including phenoxy) is 1. The molecule has 0 radical (unpaired) electrons. The normalized spacial score (nSPS) is 11.6. The van der Waals surface area contributed by atoms with E-state index in [4.69, 9.17) is 38.1 Å². The molecule has 0 unspecified atom stereocenters. The third kappa shape index (κ3) is 5.07. The molecule has 0 aliphatic carbocycles. The van der Waals surface area contributed by atoms with E-state index in [1.54, 1.807) is 18.2 Å². The van der Waals surface area contributed by atoms with Gasteiger partial charge in [0.2, 0.25) is 0 Å². The Hall–Kier alpha value is -3.28. The summed E-state index contributed by atoms with van der Waals surface area (Å²) in [6, 6.07) is 8.56. The van der Waals surface area contributed by atoms with Crippen LogP contribution in [0.15, 0.2) is 40.8 Å². The van der Waals surface area contributed by atoms with Crippen LogP contribution in [0.5, 0.6) is 5.75 Å². The predicted octanol–water partition coefficient (Wildman–Crippen LogP) is 6.45. The standard InChI is InChI=1S/C22H14Cl2F3N3O4S/c1-9-7-14(22(25,26)27)29-21-15(9)17(18(35-21)19(28)31)30-20(32)13-6-5-10(34-13)8-33-12-4-2-3-11(23)16(12)24/h2-7H,8H2,1H3,(H2,28,31)(H,30,32). The summed E-state index contributed by atoms with van der Waals surface area (Å²) in [4.78, 5) is 28.1. The van der Waals surface area contributed by atoms with Gasteiger partial charge in [0.15, 0.2) is 5.76 Å². The van der Waals surface area contributed by atoms with E-state index in [0.717, 1.165) is 6.07 Å². The van der Waals surface area contributed by atoms with Gasteiger partial charge >= 0.3 is 6.18 Å². The molecule has 0 fully saturated rings. The summed E-state index contributed by atoms with van der Waals surface area (Å²) >= 11 is 12.7. The molecular formula is C22H14Cl2F3N3O4S. The minimum absolute atomic E-state index is 0.0406. The maximum Gasteiger partial charge on any atom is 0.433 e. The Morgan fingerprint density at radius 3 is 2.66 bits per heavy atom. The van der Waals surface area contributed by atoms with Gasteiger partial charge in [-0.3, -0.25) is 9.59 Å². The van der Waals surface area contributed by atoms with E-state index in [-0.39, 0.29) is 49.5 Å². The number of alkyl halides is 3. The van der Waals surface area contributed by atoms with Crippen LogP contribution in [0, 0.1) is 6.92 Å². The number of fused-ring (bicyclic) bond motifs is 1. The molecule has 7 nitrogen and oxygen atoms in total. The number of halogens is 5. The Kier molecular flexibility index (Phi) is 6.67. The number of nitrogens with two attached hydrogens (primary N) is 1. The molecule has 0 saturated heterocycles. The predicted molar refractivity (Wildman–Crippen MR) is 125 cm³/mol. The Balaban J connectivity index is 1.59. The number of furan rings is 1. The van der Waals surface area contributed by atoms with Gasteiger partial charge in [0.25, 0.3) is 11.8 Å². The lowest BCUT2D eigenvalue weighted by Gasteiger charge is -2.09. The quantitative estimate of drug-likeness (QED) is 0.290. The number of thiophene rings is 1. The number of nitrogens with one attached hydrogen (secondary N) is 1. The minimum atomic E-state index is -4.68. The van der Waals surface area contributed by atoms with E-state index >= 15 is 0 Å². The van der Waals surface area contributed by atoms with Gasteiger partial charge < -0.3 is 20.2 Å². The van der Waals surface area contributed by atoms with Crippen molar-refractivity contribution in [3.05, 3.63) is 74.1 Å². The number of pyridine rings is 1. The molecule has 0 spiro atoms. The number of amides is 2. The second kappa shape index (κ2) is 9.40. The maximum absolute atomic E-state index is 13.2. The van der Waals surface area contributed by atoms with Crippen LogP contribution < -0.4 is 15.8 Å². The van der Waals surface area contributed by atoms with Gasteiger partial charge in [-0.2, -0.15) is 13.2 Å². The van der Waals surface area contributed by atoms with Crippen LogP contribution >= 0.6 is 34.5 Å². The average Bonchev–Trinajstić information content (AvgIpc) is 3.39. The molecule has 0 aliphatic rings. The van der Waals surface area contributed by atoms with Crippen molar-refractivity contribution in [2.24, 2.45) is 5.73 Å². The van der Waals surface area contributed by atoms with Gasteiger partial charge in [-0.1, -0.05) is 29.3 Å². The number of anilines is 1. The molecule has 13 heteroatoms. The van der Waals surface area contributed by atoms with Crippen LogP contribution in [0.4, 0.5) is 18.9 Å². The summed E-state index contributed by atoms with van der Waals surface area (Å²) in [5.41, 5.74) is 4.40. The number of carbonyl (C=O) groups excluding carboxylic acids is 2. The zero-order chi connectivity index (χ0) is 25.5. The summed E-state index contributed by atoms with van der Waals surface area (Å²) in [5.74, 6) is -1.21. The number of aryl methyl sites for hydroxylation is 1. The van der Waals surface area contributed by atoms with E-state index < -0.39 is 23.7 Å². The zero-order valence-corrected chi connectivity index (χ0v) is 20.0. The first-order valence-electron chi connectivity index (χ1n) is 9.73. The lowest BCUT2D eigenvalue weighted by atomic mass is 10.1. The smallest absolute Gasteiger partial charge is 0.433 e. The molecule has 4 rings (SSSR count). The summed E-state index contributed by atoms with van der Waals surface area (Å²) in [6.07, 6.45) is -4.68. The Bertz CT molecular complexity index is 1470. The first-order valence-corrected chi connectivity index (χ1v) is 11.3. The van der Waals surface area contributed by atoms with Gasteiger partial charge in [-0.15, -0.1) is 11.3 Å². The van der Waals surface area contributed by atoms with Gasteiger partial charge in [-0.25, -0.2) is 4.98 Å². The van der Waals surface area contributed by atoms with E-state index in [9.17, 15) is 22.8 Å². The van der Waals surface area contributed by atoms with Crippen LogP contribution in [0.3, 0.4) is 0 Å². The molecule has 0 bridgehead atoms. The molecule has 0 atom stereocenters. The van der Waals surface area contributed by atoms with Crippen LogP contribution in [-0.4, -0.2) is 16.8 Å². The van der Waals surface area contributed by atoms with Gasteiger partial charge in [0.05, 0.1) is 10.7 Å². The first-order chi connectivity index (χ1) is 16.5.